The zero-order valence-electron chi connectivity index (χ0n) is 8.68. The molecule has 3 heteroatoms. The van der Waals surface area contributed by atoms with Crippen LogP contribution in [0.5, 0.6) is 0 Å². The van der Waals surface area contributed by atoms with Gasteiger partial charge in [0.25, 0.3) is 0 Å². The number of rotatable bonds is 3. The van der Waals surface area contributed by atoms with E-state index in [9.17, 15) is 0 Å². The van der Waals surface area contributed by atoms with Gasteiger partial charge in [0, 0.05) is 23.3 Å². The molecule has 0 saturated heterocycles. The number of aromatic nitrogens is 1. The van der Waals surface area contributed by atoms with Crippen LogP contribution < -0.4 is 5.73 Å². The summed E-state index contributed by atoms with van der Waals surface area (Å²) in [6, 6.07) is 6.28. The molecule has 0 aliphatic rings. The Morgan fingerprint density at radius 3 is 2.73 bits per heavy atom. The Morgan fingerprint density at radius 2 is 2.13 bits per heavy atom. The third kappa shape index (κ3) is 2.64. The molecule has 15 heavy (non-hydrogen) atoms. The number of hydrogen-bond donors (Lipinski definition) is 1. The number of thiophene rings is 1. The Morgan fingerprint density at radius 1 is 1.40 bits per heavy atom. The largest absolute Gasteiger partial charge is 0.324 e. The molecule has 0 amide bonds. The molecule has 0 radical (unpaired) electrons. The van der Waals surface area contributed by atoms with E-state index in [0.29, 0.717) is 0 Å². The molecular formula is C12H14N2S. The van der Waals surface area contributed by atoms with Crippen molar-refractivity contribution >= 4 is 11.3 Å². The molecular weight excluding hydrogens is 204 g/mol. The maximum Gasteiger partial charge on any atom is 0.0344 e. The molecule has 0 fully saturated rings. The van der Waals surface area contributed by atoms with Gasteiger partial charge < -0.3 is 5.73 Å². The van der Waals surface area contributed by atoms with Crippen LogP contribution in [-0.4, -0.2) is 4.98 Å². The van der Waals surface area contributed by atoms with Crippen LogP contribution in [0.1, 0.15) is 22.0 Å². The SMILES string of the molecule is Cc1cc(C(N)Cc2ccncc2)cs1. The van der Waals surface area contributed by atoms with E-state index in [1.807, 2.05) is 12.1 Å². The standard InChI is InChI=1S/C12H14N2S/c1-9-6-11(8-15-9)12(13)7-10-2-4-14-5-3-10/h2-6,8,12H,7,13H2,1H3. The Hall–Kier alpha value is -1.19. The van der Waals surface area contributed by atoms with Gasteiger partial charge in [0.15, 0.2) is 0 Å². The molecule has 1 atom stereocenters. The van der Waals surface area contributed by atoms with Gasteiger partial charge >= 0.3 is 0 Å². The summed E-state index contributed by atoms with van der Waals surface area (Å²) in [6.45, 7) is 2.10. The van der Waals surface area contributed by atoms with Gasteiger partial charge in [-0.2, -0.15) is 0 Å². The third-order valence-corrected chi connectivity index (χ3v) is 3.26. The highest BCUT2D eigenvalue weighted by molar-refractivity contribution is 7.10. The minimum absolute atomic E-state index is 0.0948. The summed E-state index contributed by atoms with van der Waals surface area (Å²) in [6.07, 6.45) is 4.49. The van der Waals surface area contributed by atoms with Crippen molar-refractivity contribution in [3.8, 4) is 0 Å². The minimum atomic E-state index is 0.0948. The van der Waals surface area contributed by atoms with Crippen LogP contribution in [0.2, 0.25) is 0 Å². The maximum absolute atomic E-state index is 6.13. The lowest BCUT2D eigenvalue weighted by Gasteiger charge is -2.09. The predicted molar refractivity (Wildman–Crippen MR) is 63.9 cm³/mol. The monoisotopic (exact) mass is 218 g/mol. The number of hydrogen-bond acceptors (Lipinski definition) is 3. The van der Waals surface area contributed by atoms with Gasteiger partial charge in [-0.1, -0.05) is 0 Å². The molecule has 2 rings (SSSR count). The van der Waals surface area contributed by atoms with Crippen molar-refractivity contribution in [1.82, 2.24) is 4.98 Å². The Labute approximate surface area is 93.8 Å². The number of pyridine rings is 1. The highest BCUT2D eigenvalue weighted by atomic mass is 32.1. The van der Waals surface area contributed by atoms with E-state index in [1.165, 1.54) is 16.0 Å². The van der Waals surface area contributed by atoms with Crippen molar-refractivity contribution in [3.05, 3.63) is 52.0 Å². The molecule has 2 aromatic rings. The fraction of sp³-hybridized carbons (Fsp3) is 0.250. The summed E-state index contributed by atoms with van der Waals surface area (Å²) in [5.41, 5.74) is 8.59. The van der Waals surface area contributed by atoms with Gasteiger partial charge in [-0.25, -0.2) is 0 Å². The summed E-state index contributed by atoms with van der Waals surface area (Å²) >= 11 is 1.75. The topological polar surface area (TPSA) is 38.9 Å². The summed E-state index contributed by atoms with van der Waals surface area (Å²) in [4.78, 5) is 5.31. The van der Waals surface area contributed by atoms with E-state index in [4.69, 9.17) is 5.73 Å². The molecule has 0 spiro atoms. The molecule has 0 aliphatic carbocycles. The number of aryl methyl sites for hydroxylation is 1. The van der Waals surface area contributed by atoms with Crippen molar-refractivity contribution in [2.45, 2.75) is 19.4 Å². The minimum Gasteiger partial charge on any atom is -0.324 e. The van der Waals surface area contributed by atoms with Gasteiger partial charge in [-0.05, 0) is 48.1 Å². The molecule has 2 nitrogen and oxygen atoms in total. The van der Waals surface area contributed by atoms with E-state index >= 15 is 0 Å². The van der Waals surface area contributed by atoms with Crippen LogP contribution in [0.15, 0.2) is 36.0 Å². The van der Waals surface area contributed by atoms with Gasteiger partial charge in [-0.3, -0.25) is 4.98 Å². The van der Waals surface area contributed by atoms with Gasteiger partial charge in [0.05, 0.1) is 0 Å². The molecule has 78 valence electrons. The summed E-state index contributed by atoms with van der Waals surface area (Å²) in [5, 5.41) is 2.14. The zero-order valence-corrected chi connectivity index (χ0v) is 9.50. The lowest BCUT2D eigenvalue weighted by atomic mass is 10.0. The molecule has 0 saturated carbocycles. The molecule has 0 aliphatic heterocycles. The zero-order chi connectivity index (χ0) is 10.7. The second-order valence-electron chi connectivity index (χ2n) is 3.66. The van der Waals surface area contributed by atoms with Crippen molar-refractivity contribution in [3.63, 3.8) is 0 Å². The van der Waals surface area contributed by atoms with Crippen molar-refractivity contribution in [2.75, 3.05) is 0 Å². The quantitative estimate of drug-likeness (QED) is 0.860. The lowest BCUT2D eigenvalue weighted by Crippen LogP contribution is -2.12. The highest BCUT2D eigenvalue weighted by Crippen LogP contribution is 2.21. The predicted octanol–water partition coefficient (Wildman–Crippen LogP) is 2.69. The second kappa shape index (κ2) is 4.55. The van der Waals surface area contributed by atoms with Crippen LogP contribution in [-0.2, 0) is 6.42 Å². The number of nitrogens with zero attached hydrogens (tertiary/aromatic N) is 1. The molecule has 2 N–H and O–H groups in total. The number of nitrogens with two attached hydrogens (primary N) is 1. The maximum atomic E-state index is 6.13. The second-order valence-corrected chi connectivity index (χ2v) is 4.77. The molecule has 2 aromatic heterocycles. The summed E-state index contributed by atoms with van der Waals surface area (Å²) < 4.78 is 0. The smallest absolute Gasteiger partial charge is 0.0344 e. The first kappa shape index (κ1) is 10.3. The van der Waals surface area contributed by atoms with E-state index in [2.05, 4.69) is 23.4 Å². The van der Waals surface area contributed by atoms with Gasteiger partial charge in [0.2, 0.25) is 0 Å². The average Bonchev–Trinajstić information content (AvgIpc) is 2.66. The van der Waals surface area contributed by atoms with Gasteiger partial charge in [-0.15, -0.1) is 11.3 Å². The first-order valence-corrected chi connectivity index (χ1v) is 5.83. The third-order valence-electron chi connectivity index (χ3n) is 2.38. The van der Waals surface area contributed by atoms with E-state index in [0.717, 1.165) is 6.42 Å². The first-order chi connectivity index (χ1) is 7.25. The molecule has 0 aromatic carbocycles. The van der Waals surface area contributed by atoms with Crippen molar-refractivity contribution in [2.24, 2.45) is 5.73 Å². The van der Waals surface area contributed by atoms with E-state index in [-0.39, 0.29) is 6.04 Å². The van der Waals surface area contributed by atoms with Crippen LogP contribution in [0.3, 0.4) is 0 Å². The molecule has 0 bridgehead atoms. The Bertz CT molecular complexity index is 422. The summed E-state index contributed by atoms with van der Waals surface area (Å²) in [7, 11) is 0. The summed E-state index contributed by atoms with van der Waals surface area (Å²) in [5.74, 6) is 0. The highest BCUT2D eigenvalue weighted by Gasteiger charge is 2.08. The fourth-order valence-corrected chi connectivity index (χ4v) is 2.32. The van der Waals surface area contributed by atoms with Crippen LogP contribution >= 0.6 is 11.3 Å². The fourth-order valence-electron chi connectivity index (χ4n) is 1.55. The molecule has 2 heterocycles. The van der Waals surface area contributed by atoms with E-state index in [1.54, 1.807) is 23.7 Å². The lowest BCUT2D eigenvalue weighted by molar-refractivity contribution is 0.724. The Balaban J connectivity index is 2.07. The van der Waals surface area contributed by atoms with Crippen molar-refractivity contribution in [1.29, 1.82) is 0 Å². The molecule has 1 unspecified atom stereocenters. The van der Waals surface area contributed by atoms with E-state index < -0.39 is 0 Å². The first-order valence-electron chi connectivity index (χ1n) is 4.95. The Kier molecular flexibility index (Phi) is 3.14. The van der Waals surface area contributed by atoms with Crippen molar-refractivity contribution < 1.29 is 0 Å². The van der Waals surface area contributed by atoms with Crippen LogP contribution in [0.25, 0.3) is 0 Å². The average molecular weight is 218 g/mol. The normalized spacial score (nSPS) is 12.7. The van der Waals surface area contributed by atoms with Gasteiger partial charge in [0.1, 0.15) is 0 Å². The van der Waals surface area contributed by atoms with Crippen LogP contribution in [0.4, 0.5) is 0 Å². The van der Waals surface area contributed by atoms with Crippen LogP contribution in [0, 0.1) is 6.92 Å².